The van der Waals surface area contributed by atoms with Gasteiger partial charge in [-0.2, -0.15) is 5.26 Å². The Morgan fingerprint density at radius 1 is 1.10 bits per heavy atom. The maximum atomic E-state index is 8.82. The Hall–Kier alpha value is -3.09. The van der Waals surface area contributed by atoms with E-state index in [9.17, 15) is 0 Å². The number of likely N-dealkylation sites (tertiary alicyclic amines) is 1. The number of nitrogens with one attached hydrogen (secondary N) is 1. The zero-order chi connectivity index (χ0) is 20.1. The molecule has 4 rings (SSSR count). The minimum Gasteiger partial charge on any atom is -0.338 e. The van der Waals surface area contributed by atoms with Crippen molar-refractivity contribution in [1.82, 2.24) is 29.8 Å². The summed E-state index contributed by atoms with van der Waals surface area (Å²) in [6.45, 7) is 1.82. The topological polar surface area (TPSA) is 104 Å². The number of nitrogens with zero attached hydrogens (tertiary/aromatic N) is 7. The van der Waals surface area contributed by atoms with Gasteiger partial charge in [0.25, 0.3) is 0 Å². The van der Waals surface area contributed by atoms with Gasteiger partial charge in [-0.3, -0.25) is 9.88 Å². The molecule has 1 atom stereocenters. The fourth-order valence-corrected chi connectivity index (χ4v) is 3.69. The first-order valence-corrected chi connectivity index (χ1v) is 10.5. The molecule has 4 heterocycles. The fourth-order valence-electron chi connectivity index (χ4n) is 3.37. The zero-order valence-corrected chi connectivity index (χ0v) is 16.8. The summed E-state index contributed by atoms with van der Waals surface area (Å²) in [5, 5.41) is 12.8. The molecule has 1 N–H and O–H groups in total. The average molecular weight is 405 g/mol. The summed E-state index contributed by atoms with van der Waals surface area (Å²) in [5.41, 5.74) is 3.22. The van der Waals surface area contributed by atoms with Crippen molar-refractivity contribution in [3.05, 3.63) is 60.1 Å². The molecule has 1 aliphatic rings. The van der Waals surface area contributed by atoms with Crippen LogP contribution in [0.4, 0.5) is 11.5 Å². The lowest BCUT2D eigenvalue weighted by atomic mass is 10.1. The third-order valence-corrected chi connectivity index (χ3v) is 5.35. The molecular weight excluding hydrogens is 384 g/mol. The van der Waals surface area contributed by atoms with Crippen LogP contribution in [0.3, 0.4) is 0 Å². The van der Waals surface area contributed by atoms with E-state index in [0.717, 1.165) is 48.0 Å². The molecule has 0 radical (unpaired) electrons. The maximum absolute atomic E-state index is 8.82. The van der Waals surface area contributed by atoms with Gasteiger partial charge in [-0.1, -0.05) is 11.8 Å². The van der Waals surface area contributed by atoms with Crippen LogP contribution in [-0.4, -0.2) is 42.6 Å². The molecule has 1 saturated heterocycles. The molecule has 0 unspecified atom stereocenters. The fraction of sp³-hybridized carbons (Fsp3) is 0.300. The molecule has 3 aromatic rings. The Kier molecular flexibility index (Phi) is 5.93. The van der Waals surface area contributed by atoms with Crippen molar-refractivity contribution in [2.75, 3.05) is 18.1 Å². The molecule has 146 valence electrons. The second-order valence-electron chi connectivity index (χ2n) is 6.70. The Morgan fingerprint density at radius 3 is 2.62 bits per heavy atom. The van der Waals surface area contributed by atoms with Crippen LogP contribution in [0.25, 0.3) is 0 Å². The lowest BCUT2D eigenvalue weighted by molar-refractivity contribution is 0.243. The van der Waals surface area contributed by atoms with Gasteiger partial charge in [0.05, 0.1) is 36.0 Å². The number of anilines is 2. The van der Waals surface area contributed by atoms with Crippen molar-refractivity contribution < 1.29 is 0 Å². The summed E-state index contributed by atoms with van der Waals surface area (Å²) >= 11 is 1.54. The van der Waals surface area contributed by atoms with Gasteiger partial charge in [-0.25, -0.2) is 19.9 Å². The van der Waals surface area contributed by atoms with Gasteiger partial charge in [0.15, 0.2) is 5.16 Å². The molecule has 0 bridgehead atoms. The molecule has 0 spiro atoms. The summed E-state index contributed by atoms with van der Waals surface area (Å²) in [6.07, 6.45) is 13.1. The number of aromatic nitrogens is 5. The SMILES string of the molecule is CSc1ncc(CN2CCC[C@H]2c2cnc(Nc3ccc(C#N)nc3)cn2)cn1. The van der Waals surface area contributed by atoms with E-state index < -0.39 is 0 Å². The summed E-state index contributed by atoms with van der Waals surface area (Å²) < 4.78 is 0. The van der Waals surface area contributed by atoms with E-state index in [1.807, 2.05) is 30.9 Å². The van der Waals surface area contributed by atoms with Crippen molar-refractivity contribution in [2.24, 2.45) is 0 Å². The first kappa shape index (κ1) is 19.2. The molecule has 0 saturated carbocycles. The van der Waals surface area contributed by atoms with Crippen molar-refractivity contribution >= 4 is 23.3 Å². The van der Waals surface area contributed by atoms with Crippen LogP contribution in [0.1, 0.15) is 35.8 Å². The quantitative estimate of drug-likeness (QED) is 0.489. The third kappa shape index (κ3) is 4.67. The van der Waals surface area contributed by atoms with Crippen LogP contribution in [0.15, 0.2) is 48.3 Å². The molecule has 1 fully saturated rings. The van der Waals surface area contributed by atoms with Crippen molar-refractivity contribution in [3.63, 3.8) is 0 Å². The summed E-state index contributed by atoms with van der Waals surface area (Å²) in [7, 11) is 0. The van der Waals surface area contributed by atoms with E-state index in [1.165, 1.54) is 0 Å². The Balaban J connectivity index is 1.42. The molecule has 0 aliphatic carbocycles. The molecule has 1 aliphatic heterocycles. The average Bonchev–Trinajstić information content (AvgIpc) is 3.23. The van der Waals surface area contributed by atoms with Gasteiger partial charge < -0.3 is 5.32 Å². The van der Waals surface area contributed by atoms with Gasteiger partial charge >= 0.3 is 0 Å². The first-order chi connectivity index (χ1) is 14.2. The number of nitriles is 1. The van der Waals surface area contributed by atoms with Crippen LogP contribution in [0, 0.1) is 11.3 Å². The standard InChI is InChI=1S/C20H20N8S/c1-29-20-25-8-14(9-26-20)13-28-6-2-3-18(28)17-11-24-19(12-23-17)27-16-5-4-15(7-21)22-10-16/h4-5,8-12,18H,2-3,6,13H2,1H3,(H,24,27)/t18-/m0/s1. The number of rotatable bonds is 6. The van der Waals surface area contributed by atoms with E-state index >= 15 is 0 Å². The molecule has 0 amide bonds. The van der Waals surface area contributed by atoms with Crippen molar-refractivity contribution in [1.29, 1.82) is 5.26 Å². The number of hydrogen-bond donors (Lipinski definition) is 1. The minimum atomic E-state index is 0.244. The molecule has 0 aromatic carbocycles. The third-order valence-electron chi connectivity index (χ3n) is 4.78. The van der Waals surface area contributed by atoms with E-state index in [0.29, 0.717) is 11.5 Å². The monoisotopic (exact) mass is 404 g/mol. The van der Waals surface area contributed by atoms with Gasteiger partial charge in [0, 0.05) is 24.5 Å². The summed E-state index contributed by atoms with van der Waals surface area (Å²) in [4.78, 5) is 24.3. The second-order valence-corrected chi connectivity index (χ2v) is 7.48. The zero-order valence-electron chi connectivity index (χ0n) is 16.0. The Morgan fingerprint density at radius 2 is 1.97 bits per heavy atom. The normalized spacial score (nSPS) is 16.5. The smallest absolute Gasteiger partial charge is 0.187 e. The van der Waals surface area contributed by atoms with Crippen LogP contribution >= 0.6 is 11.8 Å². The van der Waals surface area contributed by atoms with Crippen LogP contribution in [-0.2, 0) is 6.54 Å². The number of thioether (sulfide) groups is 1. The second kappa shape index (κ2) is 8.94. The minimum absolute atomic E-state index is 0.244. The maximum Gasteiger partial charge on any atom is 0.187 e. The van der Waals surface area contributed by atoms with E-state index in [-0.39, 0.29) is 6.04 Å². The Labute approximate surface area is 173 Å². The molecule has 3 aromatic heterocycles. The van der Waals surface area contributed by atoms with Crippen LogP contribution in [0.5, 0.6) is 0 Å². The van der Waals surface area contributed by atoms with Gasteiger partial charge in [-0.05, 0) is 37.8 Å². The lowest BCUT2D eigenvalue weighted by Gasteiger charge is -2.23. The molecule has 9 heteroatoms. The predicted octanol–water partition coefficient (Wildman–Crippen LogP) is 3.34. The highest BCUT2D eigenvalue weighted by Crippen LogP contribution is 2.32. The predicted molar refractivity (Wildman–Crippen MR) is 110 cm³/mol. The highest BCUT2D eigenvalue weighted by molar-refractivity contribution is 7.98. The van der Waals surface area contributed by atoms with Crippen molar-refractivity contribution in [3.8, 4) is 6.07 Å². The molecule has 29 heavy (non-hydrogen) atoms. The molecule has 8 nitrogen and oxygen atoms in total. The highest BCUT2D eigenvalue weighted by atomic mass is 32.2. The first-order valence-electron chi connectivity index (χ1n) is 9.29. The van der Waals surface area contributed by atoms with E-state index in [4.69, 9.17) is 5.26 Å². The highest BCUT2D eigenvalue weighted by Gasteiger charge is 2.27. The molecular formula is C20H20N8S. The van der Waals surface area contributed by atoms with Gasteiger partial charge in [0.2, 0.25) is 0 Å². The van der Waals surface area contributed by atoms with Crippen LogP contribution in [0.2, 0.25) is 0 Å². The largest absolute Gasteiger partial charge is 0.338 e. The lowest BCUT2D eigenvalue weighted by Crippen LogP contribution is -2.23. The van der Waals surface area contributed by atoms with E-state index in [2.05, 4.69) is 35.1 Å². The van der Waals surface area contributed by atoms with Gasteiger partial charge in [-0.15, -0.1) is 0 Å². The summed E-state index contributed by atoms with van der Waals surface area (Å²) in [5.74, 6) is 0.644. The summed E-state index contributed by atoms with van der Waals surface area (Å²) in [6, 6.07) is 5.71. The number of pyridine rings is 1. The van der Waals surface area contributed by atoms with Gasteiger partial charge in [0.1, 0.15) is 17.6 Å². The number of hydrogen-bond acceptors (Lipinski definition) is 9. The van der Waals surface area contributed by atoms with E-state index in [1.54, 1.807) is 36.3 Å². The Bertz CT molecular complexity index is 983. The van der Waals surface area contributed by atoms with Crippen molar-refractivity contribution in [2.45, 2.75) is 30.6 Å². The van der Waals surface area contributed by atoms with Crippen LogP contribution < -0.4 is 5.32 Å².